The molecule has 1 saturated heterocycles. The Kier molecular flexibility index (Phi) is 9.19. The first-order chi connectivity index (χ1) is 4.84. The fraction of sp³-hybridized carbons (Fsp3) is 0.833. The van der Waals surface area contributed by atoms with Gasteiger partial charge in [-0.25, -0.2) is 0 Å². The number of halogens is 2. The molecule has 1 heterocycles. The maximum absolute atomic E-state index is 5.69. The van der Waals surface area contributed by atoms with Crippen molar-refractivity contribution in [2.45, 2.75) is 12.5 Å². The predicted molar refractivity (Wildman–Crippen MR) is 54.4 cm³/mol. The number of piperidine rings is 1. The van der Waals surface area contributed by atoms with Crippen LogP contribution in [0, 0.1) is 0 Å². The van der Waals surface area contributed by atoms with E-state index in [1.165, 1.54) is 0 Å². The van der Waals surface area contributed by atoms with Gasteiger partial charge in [-0.15, -0.1) is 24.8 Å². The van der Waals surface area contributed by atoms with Crippen LogP contribution >= 0.6 is 24.8 Å². The normalized spacial score (nSPS) is 25.5. The van der Waals surface area contributed by atoms with E-state index < -0.39 is 0 Å². The average Bonchev–Trinajstić information content (AvgIpc) is 1.94. The second kappa shape index (κ2) is 7.61. The van der Waals surface area contributed by atoms with Gasteiger partial charge in [-0.1, -0.05) is 5.16 Å². The molecular formula is C6H15Cl2N3O. The number of nitrogens with one attached hydrogen (secondary N) is 1. The summed E-state index contributed by atoms with van der Waals surface area (Å²) in [5.41, 5.74) is 6.65. The van der Waals surface area contributed by atoms with Gasteiger partial charge in [-0.2, -0.15) is 0 Å². The first-order valence-corrected chi connectivity index (χ1v) is 3.41. The van der Waals surface area contributed by atoms with Crippen LogP contribution in [0.3, 0.4) is 0 Å². The zero-order valence-corrected chi connectivity index (χ0v) is 8.58. The molecule has 0 aromatic carbocycles. The highest BCUT2D eigenvalue weighted by molar-refractivity contribution is 5.90. The van der Waals surface area contributed by atoms with Gasteiger partial charge in [0, 0.05) is 19.5 Å². The summed E-state index contributed by atoms with van der Waals surface area (Å²) in [5, 5.41) is 6.98. The van der Waals surface area contributed by atoms with Crippen molar-refractivity contribution in [2.75, 3.05) is 20.2 Å². The van der Waals surface area contributed by atoms with Crippen molar-refractivity contribution in [1.29, 1.82) is 0 Å². The predicted octanol–water partition coefficient (Wildman–Crippen LogP) is 0.153. The molecule has 0 saturated carbocycles. The Hall–Kier alpha value is -0.0300. The van der Waals surface area contributed by atoms with E-state index in [1.54, 1.807) is 7.11 Å². The van der Waals surface area contributed by atoms with Crippen LogP contribution in [0.25, 0.3) is 0 Å². The van der Waals surface area contributed by atoms with Crippen molar-refractivity contribution in [1.82, 2.24) is 5.32 Å². The fourth-order valence-corrected chi connectivity index (χ4v) is 1.01. The number of nitrogens with zero attached hydrogens (tertiary/aromatic N) is 1. The molecule has 0 aliphatic carbocycles. The van der Waals surface area contributed by atoms with Crippen LogP contribution in [0.4, 0.5) is 0 Å². The van der Waals surface area contributed by atoms with Crippen molar-refractivity contribution in [3.63, 3.8) is 0 Å². The molecule has 1 aliphatic rings. The number of hydrogen-bond acceptors (Lipinski definition) is 4. The number of hydrogen-bond donors (Lipinski definition) is 2. The van der Waals surface area contributed by atoms with Gasteiger partial charge in [0.2, 0.25) is 0 Å². The highest BCUT2D eigenvalue weighted by Crippen LogP contribution is 1.96. The highest BCUT2D eigenvalue weighted by atomic mass is 35.5. The second-order valence-corrected chi connectivity index (χ2v) is 2.33. The van der Waals surface area contributed by atoms with Crippen molar-refractivity contribution in [2.24, 2.45) is 10.9 Å². The molecule has 1 atom stereocenters. The van der Waals surface area contributed by atoms with Gasteiger partial charge < -0.3 is 15.9 Å². The number of oxime groups is 1. The van der Waals surface area contributed by atoms with E-state index in [1.807, 2.05) is 0 Å². The molecule has 1 aliphatic heterocycles. The molecule has 3 N–H and O–H groups in total. The smallest absolute Gasteiger partial charge is 0.106 e. The van der Waals surface area contributed by atoms with Crippen molar-refractivity contribution in [3.8, 4) is 0 Å². The minimum Gasteiger partial charge on any atom is -0.399 e. The van der Waals surface area contributed by atoms with E-state index in [2.05, 4.69) is 15.3 Å². The molecule has 4 nitrogen and oxygen atoms in total. The van der Waals surface area contributed by atoms with Crippen molar-refractivity contribution < 1.29 is 4.84 Å². The zero-order valence-electron chi connectivity index (χ0n) is 6.95. The van der Waals surface area contributed by atoms with Gasteiger partial charge in [0.15, 0.2) is 0 Å². The zero-order chi connectivity index (χ0) is 7.40. The third kappa shape index (κ3) is 4.11. The highest BCUT2D eigenvalue weighted by Gasteiger charge is 2.15. The minimum absolute atomic E-state index is 0. The Morgan fingerprint density at radius 1 is 1.58 bits per heavy atom. The van der Waals surface area contributed by atoms with E-state index in [9.17, 15) is 0 Å². The molecule has 0 bridgehead atoms. The Balaban J connectivity index is 0. The summed E-state index contributed by atoms with van der Waals surface area (Å²) in [5.74, 6) is 0. The Labute approximate surface area is 84.7 Å². The van der Waals surface area contributed by atoms with E-state index in [-0.39, 0.29) is 30.9 Å². The lowest BCUT2D eigenvalue weighted by molar-refractivity contribution is 0.210. The minimum atomic E-state index is 0. The van der Waals surface area contributed by atoms with Crippen LogP contribution in [0.1, 0.15) is 6.42 Å². The van der Waals surface area contributed by atoms with Crippen LogP contribution in [0.5, 0.6) is 0 Å². The Bertz CT molecular complexity index is 143. The molecule has 0 aromatic heterocycles. The van der Waals surface area contributed by atoms with Gasteiger partial charge in [0.1, 0.15) is 7.11 Å². The number of nitrogens with two attached hydrogens (primary N) is 1. The summed E-state index contributed by atoms with van der Waals surface area (Å²) in [6.45, 7) is 1.76. The summed E-state index contributed by atoms with van der Waals surface area (Å²) in [6, 6.07) is 0.0358. The van der Waals surface area contributed by atoms with Gasteiger partial charge in [0.25, 0.3) is 0 Å². The monoisotopic (exact) mass is 215 g/mol. The van der Waals surface area contributed by atoms with Gasteiger partial charge in [-0.05, 0) is 0 Å². The summed E-state index contributed by atoms with van der Waals surface area (Å²) in [6.07, 6.45) is 0.898. The molecule has 1 fully saturated rings. The van der Waals surface area contributed by atoms with E-state index in [4.69, 9.17) is 5.73 Å². The van der Waals surface area contributed by atoms with E-state index >= 15 is 0 Å². The lowest BCUT2D eigenvalue weighted by Crippen LogP contribution is -2.46. The number of rotatable bonds is 1. The second-order valence-electron chi connectivity index (χ2n) is 2.33. The van der Waals surface area contributed by atoms with Crippen LogP contribution in [0.2, 0.25) is 0 Å². The molecule has 0 aromatic rings. The van der Waals surface area contributed by atoms with Crippen molar-refractivity contribution in [3.05, 3.63) is 0 Å². The fourth-order valence-electron chi connectivity index (χ4n) is 1.01. The third-order valence-corrected chi connectivity index (χ3v) is 1.56. The van der Waals surface area contributed by atoms with Crippen LogP contribution in [-0.4, -0.2) is 32.0 Å². The lowest BCUT2D eigenvalue weighted by Gasteiger charge is -2.20. The maximum atomic E-state index is 5.69. The first kappa shape index (κ1) is 14.5. The molecule has 0 spiro atoms. The summed E-state index contributed by atoms with van der Waals surface area (Å²) < 4.78 is 0. The lowest BCUT2D eigenvalue weighted by atomic mass is 10.1. The Morgan fingerprint density at radius 2 is 2.25 bits per heavy atom. The van der Waals surface area contributed by atoms with E-state index in [0.717, 1.165) is 25.2 Å². The van der Waals surface area contributed by atoms with Crippen LogP contribution in [0.15, 0.2) is 5.16 Å². The SMILES string of the molecule is CON=C1CCNCC1N.Cl.Cl. The maximum Gasteiger partial charge on any atom is 0.106 e. The third-order valence-electron chi connectivity index (χ3n) is 1.56. The summed E-state index contributed by atoms with van der Waals surface area (Å²) in [4.78, 5) is 4.63. The molecule has 12 heavy (non-hydrogen) atoms. The van der Waals surface area contributed by atoms with Crippen LogP contribution < -0.4 is 11.1 Å². The van der Waals surface area contributed by atoms with Crippen LogP contribution in [-0.2, 0) is 4.84 Å². The molecule has 6 heteroatoms. The average molecular weight is 216 g/mol. The standard InChI is InChI=1S/C6H13N3O.2ClH/c1-10-9-6-2-3-8-4-5(6)7;;/h5,8H,2-4,7H2,1H3;2*1H. The molecular weight excluding hydrogens is 201 g/mol. The molecule has 74 valence electrons. The van der Waals surface area contributed by atoms with Crippen molar-refractivity contribution >= 4 is 30.5 Å². The van der Waals surface area contributed by atoms with Gasteiger partial charge in [-0.3, -0.25) is 0 Å². The largest absolute Gasteiger partial charge is 0.399 e. The quantitative estimate of drug-likeness (QED) is 0.613. The van der Waals surface area contributed by atoms with Gasteiger partial charge in [0.05, 0.1) is 11.8 Å². The topological polar surface area (TPSA) is 59.6 Å². The molecule has 1 unspecified atom stereocenters. The summed E-state index contributed by atoms with van der Waals surface area (Å²) >= 11 is 0. The summed E-state index contributed by atoms with van der Waals surface area (Å²) in [7, 11) is 1.54. The van der Waals surface area contributed by atoms with Gasteiger partial charge >= 0.3 is 0 Å². The molecule has 1 rings (SSSR count). The molecule has 0 amide bonds. The molecule has 0 radical (unpaired) electrons. The Morgan fingerprint density at radius 3 is 2.75 bits per heavy atom. The first-order valence-electron chi connectivity index (χ1n) is 3.41. The van der Waals surface area contributed by atoms with E-state index in [0.29, 0.717) is 0 Å².